The Kier molecular flexibility index (Phi) is 6.68. The summed E-state index contributed by atoms with van der Waals surface area (Å²) >= 11 is 0. The molecule has 1 saturated carbocycles. The van der Waals surface area contributed by atoms with E-state index in [2.05, 4.69) is 15.7 Å². The number of esters is 1. The number of hydrogen-bond acceptors (Lipinski definition) is 6. The van der Waals surface area contributed by atoms with E-state index < -0.39 is 18.5 Å². The van der Waals surface area contributed by atoms with Crippen molar-refractivity contribution in [1.29, 1.82) is 0 Å². The minimum absolute atomic E-state index is 0.0350. The Morgan fingerprint density at radius 1 is 1.05 bits per heavy atom. The molecule has 0 spiro atoms. The zero-order valence-electron chi connectivity index (χ0n) is 20.6. The van der Waals surface area contributed by atoms with E-state index in [1.165, 1.54) is 0 Å². The molecule has 0 saturated heterocycles. The zero-order valence-corrected chi connectivity index (χ0v) is 20.6. The Morgan fingerprint density at radius 2 is 1.84 bits per heavy atom. The molecule has 0 bridgehead atoms. The van der Waals surface area contributed by atoms with Gasteiger partial charge < -0.3 is 15.4 Å². The fourth-order valence-electron chi connectivity index (χ4n) is 3.96. The van der Waals surface area contributed by atoms with E-state index in [-0.39, 0.29) is 23.6 Å². The number of fused-ring (bicyclic) bond motifs is 1. The normalized spacial score (nSPS) is 12.9. The summed E-state index contributed by atoms with van der Waals surface area (Å²) in [5.74, 6) is -1.34. The highest BCUT2D eigenvalue weighted by Crippen LogP contribution is 2.27. The molecule has 2 amide bonds. The fourth-order valence-corrected chi connectivity index (χ4v) is 3.96. The fraction of sp³-hybridized carbons (Fsp3) is 0.250. The molecule has 0 aliphatic heterocycles. The number of nitrogens with zero attached hydrogens (tertiary/aromatic N) is 3. The average molecular weight is 498 g/mol. The third-order valence-electron chi connectivity index (χ3n) is 6.00. The minimum atomic E-state index is -0.652. The third-order valence-corrected chi connectivity index (χ3v) is 6.00. The van der Waals surface area contributed by atoms with E-state index in [4.69, 9.17) is 9.72 Å². The van der Waals surface area contributed by atoms with Crippen LogP contribution < -0.4 is 10.6 Å². The summed E-state index contributed by atoms with van der Waals surface area (Å²) in [6.07, 6.45) is 3.57. The molecular weight excluding hydrogens is 470 g/mol. The van der Waals surface area contributed by atoms with Crippen LogP contribution in [0.4, 0.5) is 5.69 Å². The second-order valence-electron chi connectivity index (χ2n) is 9.29. The molecule has 2 aromatic heterocycles. The first-order chi connectivity index (χ1) is 17.9. The van der Waals surface area contributed by atoms with Gasteiger partial charge in [-0.3, -0.25) is 9.59 Å². The van der Waals surface area contributed by atoms with Crippen LogP contribution in [0.25, 0.3) is 22.3 Å². The molecule has 9 heteroatoms. The minimum Gasteiger partial charge on any atom is -0.452 e. The van der Waals surface area contributed by atoms with Gasteiger partial charge in [0.1, 0.15) is 0 Å². The summed E-state index contributed by atoms with van der Waals surface area (Å²) in [4.78, 5) is 42.7. The predicted octanol–water partition coefficient (Wildman–Crippen LogP) is 4.37. The Labute approximate surface area is 213 Å². The Balaban J connectivity index is 1.32. The molecule has 9 nitrogen and oxygen atoms in total. The van der Waals surface area contributed by atoms with Gasteiger partial charge in [-0.2, -0.15) is 5.10 Å². The molecule has 4 aromatic rings. The first kappa shape index (κ1) is 24.2. The number of ether oxygens (including phenoxy) is 1. The Morgan fingerprint density at radius 3 is 2.57 bits per heavy atom. The second-order valence-corrected chi connectivity index (χ2v) is 9.29. The van der Waals surface area contributed by atoms with Gasteiger partial charge in [0.2, 0.25) is 0 Å². The lowest BCUT2D eigenvalue weighted by Crippen LogP contribution is -2.25. The number of amides is 2. The van der Waals surface area contributed by atoms with Crippen molar-refractivity contribution in [3.8, 4) is 11.3 Å². The molecular formula is C28H27N5O4. The Bertz CT molecular complexity index is 1470. The lowest BCUT2D eigenvalue weighted by molar-refractivity contribution is -0.119. The summed E-state index contributed by atoms with van der Waals surface area (Å²) in [7, 11) is 0. The van der Waals surface area contributed by atoms with Crippen LogP contribution in [0, 0.1) is 0 Å². The molecule has 2 aromatic carbocycles. The third kappa shape index (κ3) is 5.50. The molecule has 188 valence electrons. The second kappa shape index (κ2) is 10.2. The van der Waals surface area contributed by atoms with Crippen LogP contribution in [0.3, 0.4) is 0 Å². The first-order valence-electron chi connectivity index (χ1n) is 12.2. The van der Waals surface area contributed by atoms with Crippen LogP contribution in [0.15, 0.2) is 66.9 Å². The van der Waals surface area contributed by atoms with Gasteiger partial charge >= 0.3 is 5.97 Å². The van der Waals surface area contributed by atoms with Gasteiger partial charge in [-0.15, -0.1) is 0 Å². The van der Waals surface area contributed by atoms with Crippen LogP contribution >= 0.6 is 0 Å². The monoisotopic (exact) mass is 497 g/mol. The Hall–Kier alpha value is -4.53. The maximum Gasteiger partial charge on any atom is 0.339 e. The van der Waals surface area contributed by atoms with Gasteiger partial charge in [0.05, 0.1) is 22.8 Å². The topological polar surface area (TPSA) is 115 Å². The molecule has 5 rings (SSSR count). The number of rotatable bonds is 8. The number of anilines is 1. The highest BCUT2D eigenvalue weighted by molar-refractivity contribution is 6.05. The molecule has 0 unspecified atom stereocenters. The van der Waals surface area contributed by atoms with Crippen LogP contribution in [0.2, 0.25) is 0 Å². The number of nitrogens with one attached hydrogen (secondary N) is 2. The molecule has 0 radical (unpaired) electrons. The van der Waals surface area contributed by atoms with Gasteiger partial charge in [-0.05, 0) is 51.0 Å². The number of aromatic nitrogens is 3. The van der Waals surface area contributed by atoms with Crippen molar-refractivity contribution in [3.05, 3.63) is 78.0 Å². The summed E-state index contributed by atoms with van der Waals surface area (Å²) in [5.41, 5.74) is 3.19. The van der Waals surface area contributed by atoms with Crippen molar-refractivity contribution in [2.45, 2.75) is 38.8 Å². The quantitative estimate of drug-likeness (QED) is 0.350. The maximum atomic E-state index is 13.1. The standard InChI is InChI=1S/C28H27N5O4/c1-17(2)33-26-23(15-29-33)22(14-24(32-26)18-7-4-3-5-8-18)28(36)37-16-25(34)30-21-10-6-9-19(13-21)27(35)31-20-11-12-20/h3-10,13-15,17,20H,11-12,16H2,1-2H3,(H,30,34)(H,31,35). The number of pyridine rings is 1. The molecule has 1 aliphatic carbocycles. The van der Waals surface area contributed by atoms with Crippen molar-refractivity contribution in [3.63, 3.8) is 0 Å². The van der Waals surface area contributed by atoms with Crippen molar-refractivity contribution in [2.24, 2.45) is 0 Å². The first-order valence-corrected chi connectivity index (χ1v) is 12.2. The van der Waals surface area contributed by atoms with Gasteiger partial charge in [-0.1, -0.05) is 36.4 Å². The van der Waals surface area contributed by atoms with Gasteiger partial charge in [0.25, 0.3) is 11.8 Å². The number of benzene rings is 2. The number of carbonyl (C=O) groups excluding carboxylic acids is 3. The number of carbonyl (C=O) groups is 3. The van der Waals surface area contributed by atoms with Crippen molar-refractivity contribution in [2.75, 3.05) is 11.9 Å². The van der Waals surface area contributed by atoms with Gasteiger partial charge in [0, 0.05) is 28.9 Å². The highest BCUT2D eigenvalue weighted by atomic mass is 16.5. The molecule has 1 fully saturated rings. The summed E-state index contributed by atoms with van der Waals surface area (Å²) < 4.78 is 7.12. The van der Waals surface area contributed by atoms with Crippen LogP contribution in [0.1, 0.15) is 53.4 Å². The van der Waals surface area contributed by atoms with Crippen molar-refractivity contribution < 1.29 is 19.1 Å². The maximum absolute atomic E-state index is 13.1. The predicted molar refractivity (Wildman–Crippen MR) is 139 cm³/mol. The highest BCUT2D eigenvalue weighted by Gasteiger charge is 2.24. The summed E-state index contributed by atoms with van der Waals surface area (Å²) in [5, 5.41) is 10.5. The molecule has 2 heterocycles. The van der Waals surface area contributed by atoms with Crippen molar-refractivity contribution in [1.82, 2.24) is 20.1 Å². The number of hydrogen-bond donors (Lipinski definition) is 2. The lowest BCUT2D eigenvalue weighted by atomic mass is 10.1. The van der Waals surface area contributed by atoms with Gasteiger partial charge in [-0.25, -0.2) is 14.5 Å². The molecule has 1 aliphatic rings. The zero-order chi connectivity index (χ0) is 25.9. The van der Waals surface area contributed by atoms with Crippen LogP contribution in [0.5, 0.6) is 0 Å². The van der Waals surface area contributed by atoms with E-state index in [1.807, 2.05) is 44.2 Å². The van der Waals surface area contributed by atoms with E-state index in [0.717, 1.165) is 18.4 Å². The van der Waals surface area contributed by atoms with E-state index in [0.29, 0.717) is 28.0 Å². The molecule has 0 atom stereocenters. The summed E-state index contributed by atoms with van der Waals surface area (Å²) in [6, 6.07) is 18.1. The van der Waals surface area contributed by atoms with E-state index in [9.17, 15) is 14.4 Å². The lowest BCUT2D eigenvalue weighted by Gasteiger charge is -2.11. The van der Waals surface area contributed by atoms with Crippen molar-refractivity contribution >= 4 is 34.5 Å². The van der Waals surface area contributed by atoms with E-state index >= 15 is 0 Å². The smallest absolute Gasteiger partial charge is 0.339 e. The molecule has 2 N–H and O–H groups in total. The van der Waals surface area contributed by atoms with Crippen LogP contribution in [-0.4, -0.2) is 45.2 Å². The van der Waals surface area contributed by atoms with Gasteiger partial charge in [0.15, 0.2) is 12.3 Å². The summed E-state index contributed by atoms with van der Waals surface area (Å²) in [6.45, 7) is 3.48. The average Bonchev–Trinajstić information content (AvgIpc) is 3.61. The SMILES string of the molecule is CC(C)n1ncc2c(C(=O)OCC(=O)Nc3cccc(C(=O)NC4CC4)c3)cc(-c3ccccc3)nc21. The van der Waals surface area contributed by atoms with E-state index in [1.54, 1.807) is 41.2 Å². The molecule has 37 heavy (non-hydrogen) atoms. The van der Waals surface area contributed by atoms with Crippen LogP contribution in [-0.2, 0) is 9.53 Å². The largest absolute Gasteiger partial charge is 0.452 e.